The lowest BCUT2D eigenvalue weighted by molar-refractivity contribution is -0.00660. The lowest BCUT2D eigenvalue weighted by Crippen LogP contribution is -2.34. The van der Waals surface area contributed by atoms with Gasteiger partial charge in [0.2, 0.25) is 0 Å². The Hall–Kier alpha value is -1.59. The fourth-order valence-corrected chi connectivity index (χ4v) is 3.17. The summed E-state index contributed by atoms with van der Waals surface area (Å²) in [4.78, 5) is 11.8. The van der Waals surface area contributed by atoms with Crippen LogP contribution in [0.4, 0.5) is 0 Å². The highest BCUT2D eigenvalue weighted by Gasteiger charge is 2.25. The van der Waals surface area contributed by atoms with Crippen molar-refractivity contribution >= 4 is 11.1 Å². The minimum atomic E-state index is -0.292. The normalized spacial score (nSPS) is 20.8. The smallest absolute Gasteiger partial charge is 0.408 e. The van der Waals surface area contributed by atoms with Crippen LogP contribution in [0, 0.1) is 0 Å². The molecular weight excluding hydrogens is 268 g/mol. The predicted octanol–water partition coefficient (Wildman–Crippen LogP) is 2.44. The van der Waals surface area contributed by atoms with Crippen molar-refractivity contribution in [2.24, 2.45) is 0 Å². The van der Waals surface area contributed by atoms with Crippen LogP contribution in [0.2, 0.25) is 0 Å². The van der Waals surface area contributed by atoms with Gasteiger partial charge in [-0.05, 0) is 50.9 Å². The van der Waals surface area contributed by atoms with Gasteiger partial charge in [0.1, 0.15) is 0 Å². The average molecular weight is 290 g/mol. The molecule has 1 saturated heterocycles. The SMILES string of the molecule is CCn1c(=O)oc2cc(C(NC)C3CCCCO3)ccc21. The molecule has 1 aliphatic heterocycles. The van der Waals surface area contributed by atoms with Crippen molar-refractivity contribution in [2.45, 2.75) is 44.9 Å². The molecule has 0 aliphatic carbocycles. The maximum Gasteiger partial charge on any atom is 0.419 e. The Labute approximate surface area is 123 Å². The second-order valence-corrected chi connectivity index (χ2v) is 5.51. The zero-order chi connectivity index (χ0) is 14.8. The highest BCUT2D eigenvalue weighted by molar-refractivity contribution is 5.74. The van der Waals surface area contributed by atoms with Crippen molar-refractivity contribution in [1.29, 1.82) is 0 Å². The summed E-state index contributed by atoms with van der Waals surface area (Å²) in [6.07, 6.45) is 3.58. The molecule has 1 N–H and O–H groups in total. The summed E-state index contributed by atoms with van der Waals surface area (Å²) in [7, 11) is 1.94. The Morgan fingerprint density at radius 3 is 2.95 bits per heavy atom. The van der Waals surface area contributed by atoms with Crippen LogP contribution in [0.15, 0.2) is 27.4 Å². The number of aromatic nitrogens is 1. The molecule has 5 heteroatoms. The fraction of sp³-hybridized carbons (Fsp3) is 0.562. The third-order valence-corrected chi connectivity index (χ3v) is 4.27. The number of hydrogen-bond acceptors (Lipinski definition) is 4. The van der Waals surface area contributed by atoms with Crippen molar-refractivity contribution in [2.75, 3.05) is 13.7 Å². The first-order valence-corrected chi connectivity index (χ1v) is 7.66. The molecule has 0 saturated carbocycles. The van der Waals surface area contributed by atoms with Crippen molar-refractivity contribution in [3.63, 3.8) is 0 Å². The van der Waals surface area contributed by atoms with Gasteiger partial charge in [0, 0.05) is 13.2 Å². The first-order valence-electron chi connectivity index (χ1n) is 7.66. The minimum Gasteiger partial charge on any atom is -0.408 e. The van der Waals surface area contributed by atoms with Crippen LogP contribution >= 0.6 is 0 Å². The number of benzene rings is 1. The number of aryl methyl sites for hydroxylation is 1. The Balaban J connectivity index is 1.97. The second kappa shape index (κ2) is 6.03. The van der Waals surface area contributed by atoms with Crippen LogP contribution in [0.3, 0.4) is 0 Å². The summed E-state index contributed by atoms with van der Waals surface area (Å²) < 4.78 is 12.9. The first kappa shape index (κ1) is 14.4. The number of ether oxygens (including phenoxy) is 1. The third-order valence-electron chi connectivity index (χ3n) is 4.27. The van der Waals surface area contributed by atoms with Gasteiger partial charge in [0.05, 0.1) is 17.7 Å². The lowest BCUT2D eigenvalue weighted by atomic mass is 9.95. The highest BCUT2D eigenvalue weighted by atomic mass is 16.5. The Morgan fingerprint density at radius 1 is 1.43 bits per heavy atom. The van der Waals surface area contributed by atoms with E-state index in [1.165, 1.54) is 6.42 Å². The maximum atomic E-state index is 11.8. The molecule has 114 valence electrons. The van der Waals surface area contributed by atoms with Gasteiger partial charge in [0.25, 0.3) is 0 Å². The van der Waals surface area contributed by atoms with Gasteiger partial charge < -0.3 is 14.5 Å². The number of nitrogens with zero attached hydrogens (tertiary/aromatic N) is 1. The van der Waals surface area contributed by atoms with Crippen molar-refractivity contribution < 1.29 is 9.15 Å². The van der Waals surface area contributed by atoms with Crippen LogP contribution < -0.4 is 11.1 Å². The monoisotopic (exact) mass is 290 g/mol. The van der Waals surface area contributed by atoms with E-state index in [0.29, 0.717) is 12.1 Å². The molecule has 3 rings (SSSR count). The zero-order valence-electron chi connectivity index (χ0n) is 12.6. The average Bonchev–Trinajstić information content (AvgIpc) is 2.83. The highest BCUT2D eigenvalue weighted by Crippen LogP contribution is 2.28. The van der Waals surface area contributed by atoms with E-state index < -0.39 is 0 Å². The molecule has 0 radical (unpaired) electrons. The fourth-order valence-electron chi connectivity index (χ4n) is 3.17. The summed E-state index contributed by atoms with van der Waals surface area (Å²) in [6, 6.07) is 6.11. The van der Waals surface area contributed by atoms with E-state index in [-0.39, 0.29) is 17.9 Å². The van der Waals surface area contributed by atoms with E-state index in [2.05, 4.69) is 11.4 Å². The molecule has 2 atom stereocenters. The largest absolute Gasteiger partial charge is 0.419 e. The Bertz CT molecular complexity index is 668. The molecule has 0 amide bonds. The Kier molecular flexibility index (Phi) is 4.12. The van der Waals surface area contributed by atoms with Crippen LogP contribution in [0.25, 0.3) is 11.1 Å². The quantitative estimate of drug-likeness (QED) is 0.939. The molecule has 1 aromatic carbocycles. The van der Waals surface area contributed by atoms with E-state index >= 15 is 0 Å². The molecule has 5 nitrogen and oxygen atoms in total. The topological polar surface area (TPSA) is 56.4 Å². The van der Waals surface area contributed by atoms with Crippen molar-refractivity contribution in [3.8, 4) is 0 Å². The maximum absolute atomic E-state index is 11.8. The second-order valence-electron chi connectivity index (χ2n) is 5.51. The van der Waals surface area contributed by atoms with Crippen LogP contribution in [-0.4, -0.2) is 24.3 Å². The van der Waals surface area contributed by atoms with Gasteiger partial charge in [0.15, 0.2) is 5.58 Å². The molecule has 21 heavy (non-hydrogen) atoms. The van der Waals surface area contributed by atoms with E-state index in [9.17, 15) is 4.79 Å². The molecule has 1 fully saturated rings. The predicted molar refractivity (Wildman–Crippen MR) is 81.5 cm³/mol. The minimum absolute atomic E-state index is 0.130. The van der Waals surface area contributed by atoms with E-state index in [1.54, 1.807) is 4.57 Å². The van der Waals surface area contributed by atoms with Crippen LogP contribution in [0.1, 0.15) is 37.8 Å². The number of fused-ring (bicyclic) bond motifs is 1. The molecular formula is C16H22N2O3. The van der Waals surface area contributed by atoms with Gasteiger partial charge >= 0.3 is 5.76 Å². The summed E-state index contributed by atoms with van der Waals surface area (Å²) >= 11 is 0. The number of hydrogen-bond donors (Lipinski definition) is 1. The van der Waals surface area contributed by atoms with Crippen LogP contribution in [-0.2, 0) is 11.3 Å². The molecule has 1 aromatic heterocycles. The molecule has 2 aromatic rings. The van der Waals surface area contributed by atoms with E-state index in [1.807, 2.05) is 26.1 Å². The molecule has 0 bridgehead atoms. The number of likely N-dealkylation sites (N-methyl/N-ethyl adjacent to an activating group) is 1. The summed E-state index contributed by atoms with van der Waals surface area (Å²) in [5, 5.41) is 3.34. The van der Waals surface area contributed by atoms with Gasteiger partial charge in [-0.3, -0.25) is 4.57 Å². The zero-order valence-corrected chi connectivity index (χ0v) is 12.6. The molecule has 1 aliphatic rings. The standard InChI is InChI=1S/C16H22N2O3/c1-3-18-12-8-7-11(10-14(12)21-16(18)19)15(17-2)13-6-4-5-9-20-13/h7-8,10,13,15,17H,3-6,9H2,1-2H3. The summed E-state index contributed by atoms with van der Waals surface area (Å²) in [5.74, 6) is -0.292. The Morgan fingerprint density at radius 2 is 2.29 bits per heavy atom. The summed E-state index contributed by atoms with van der Waals surface area (Å²) in [6.45, 7) is 3.38. The lowest BCUT2D eigenvalue weighted by Gasteiger charge is -2.30. The first-order chi connectivity index (χ1) is 10.2. The van der Waals surface area contributed by atoms with Gasteiger partial charge in [-0.1, -0.05) is 6.07 Å². The van der Waals surface area contributed by atoms with E-state index in [0.717, 1.165) is 30.5 Å². The van der Waals surface area contributed by atoms with Gasteiger partial charge in [-0.15, -0.1) is 0 Å². The third kappa shape index (κ3) is 2.63. The summed E-state index contributed by atoms with van der Waals surface area (Å²) in [5.41, 5.74) is 2.61. The molecule has 2 heterocycles. The number of oxazole rings is 1. The molecule has 0 spiro atoms. The van der Waals surface area contributed by atoms with Gasteiger partial charge in [-0.25, -0.2) is 4.79 Å². The van der Waals surface area contributed by atoms with Crippen LogP contribution in [0.5, 0.6) is 0 Å². The number of rotatable bonds is 4. The van der Waals surface area contributed by atoms with Crippen molar-refractivity contribution in [3.05, 3.63) is 34.3 Å². The molecule has 2 unspecified atom stereocenters. The van der Waals surface area contributed by atoms with Crippen molar-refractivity contribution in [1.82, 2.24) is 9.88 Å². The van der Waals surface area contributed by atoms with E-state index in [4.69, 9.17) is 9.15 Å². The number of nitrogens with one attached hydrogen (secondary N) is 1. The van der Waals surface area contributed by atoms with Gasteiger partial charge in [-0.2, -0.15) is 0 Å².